The highest BCUT2D eigenvalue weighted by molar-refractivity contribution is 7.86. The van der Waals surface area contributed by atoms with Crippen molar-refractivity contribution in [3.63, 3.8) is 0 Å². The lowest BCUT2D eigenvalue weighted by molar-refractivity contribution is 0.417. The summed E-state index contributed by atoms with van der Waals surface area (Å²) in [6.07, 6.45) is 0. The molecule has 0 fully saturated rings. The predicted octanol–water partition coefficient (Wildman–Crippen LogP) is 6.58. The summed E-state index contributed by atoms with van der Waals surface area (Å²) in [6.45, 7) is 0. The Kier molecular flexibility index (Phi) is 4.93. The molecule has 5 rings (SSSR count). The predicted molar refractivity (Wildman–Crippen MR) is 129 cm³/mol. The van der Waals surface area contributed by atoms with E-state index < -0.39 is 10.1 Å². The second-order valence-corrected chi connectivity index (χ2v) is 8.97. The molecule has 1 N–H and O–H groups in total. The SMILES string of the molecule is COc1ccc2cc(-c3ccccc3)ccc2c1-c1c(S(=O)(=O)O)ccc2ccccc12. The number of fused-ring (bicyclic) bond motifs is 2. The third kappa shape index (κ3) is 3.42. The molecule has 0 aliphatic rings. The number of rotatable bonds is 4. The molecule has 5 heteroatoms. The molecule has 0 aliphatic carbocycles. The molecular formula is C27H20O4S. The molecule has 0 atom stereocenters. The second kappa shape index (κ2) is 7.79. The maximum absolute atomic E-state index is 12.4. The first-order chi connectivity index (χ1) is 15.5. The summed E-state index contributed by atoms with van der Waals surface area (Å²) in [5.41, 5.74) is 3.22. The zero-order chi connectivity index (χ0) is 22.3. The van der Waals surface area contributed by atoms with Gasteiger partial charge in [0, 0.05) is 11.1 Å². The van der Waals surface area contributed by atoms with E-state index in [0.29, 0.717) is 16.9 Å². The van der Waals surface area contributed by atoms with E-state index in [4.69, 9.17) is 4.74 Å². The van der Waals surface area contributed by atoms with Crippen LogP contribution in [0.25, 0.3) is 43.8 Å². The Labute approximate surface area is 186 Å². The van der Waals surface area contributed by atoms with Crippen molar-refractivity contribution in [1.29, 1.82) is 0 Å². The van der Waals surface area contributed by atoms with Gasteiger partial charge in [0.05, 0.1) is 7.11 Å². The summed E-state index contributed by atoms with van der Waals surface area (Å²) in [6, 6.07) is 30.6. The largest absolute Gasteiger partial charge is 0.496 e. The zero-order valence-corrected chi connectivity index (χ0v) is 18.1. The fourth-order valence-corrected chi connectivity index (χ4v) is 4.98. The molecular weight excluding hydrogens is 420 g/mol. The van der Waals surface area contributed by atoms with E-state index in [1.165, 1.54) is 6.07 Å². The summed E-state index contributed by atoms with van der Waals surface area (Å²) < 4.78 is 40.4. The molecule has 5 aromatic rings. The molecule has 158 valence electrons. The van der Waals surface area contributed by atoms with E-state index in [1.807, 2.05) is 78.9 Å². The van der Waals surface area contributed by atoms with Crippen LogP contribution in [-0.4, -0.2) is 20.1 Å². The fourth-order valence-electron chi connectivity index (χ4n) is 4.27. The molecule has 0 unspecified atom stereocenters. The molecule has 0 spiro atoms. The van der Waals surface area contributed by atoms with Crippen molar-refractivity contribution in [3.05, 3.63) is 97.1 Å². The van der Waals surface area contributed by atoms with Crippen LogP contribution in [0.5, 0.6) is 5.75 Å². The van der Waals surface area contributed by atoms with Gasteiger partial charge in [0.1, 0.15) is 10.6 Å². The second-order valence-electron chi connectivity index (χ2n) is 7.58. The number of methoxy groups -OCH3 is 1. The van der Waals surface area contributed by atoms with Gasteiger partial charge in [-0.05, 0) is 50.9 Å². The Morgan fingerprint density at radius 1 is 0.656 bits per heavy atom. The molecule has 0 saturated carbocycles. The lowest BCUT2D eigenvalue weighted by Crippen LogP contribution is -2.03. The highest BCUT2D eigenvalue weighted by atomic mass is 32.2. The van der Waals surface area contributed by atoms with Crippen molar-refractivity contribution in [2.75, 3.05) is 7.11 Å². The number of benzene rings is 5. The minimum atomic E-state index is -4.47. The van der Waals surface area contributed by atoms with Gasteiger partial charge in [0.2, 0.25) is 0 Å². The third-order valence-corrected chi connectivity index (χ3v) is 6.62. The summed E-state index contributed by atoms with van der Waals surface area (Å²) in [4.78, 5) is -0.144. The van der Waals surface area contributed by atoms with E-state index in [2.05, 4.69) is 6.07 Å². The van der Waals surface area contributed by atoms with Crippen molar-refractivity contribution in [2.24, 2.45) is 0 Å². The van der Waals surface area contributed by atoms with Gasteiger partial charge in [-0.1, -0.05) is 78.9 Å². The van der Waals surface area contributed by atoms with Crippen molar-refractivity contribution < 1.29 is 17.7 Å². The Balaban J connectivity index is 1.89. The van der Waals surface area contributed by atoms with E-state index in [-0.39, 0.29) is 4.90 Å². The first-order valence-electron chi connectivity index (χ1n) is 10.1. The summed E-state index contributed by atoms with van der Waals surface area (Å²) in [7, 11) is -2.92. The van der Waals surface area contributed by atoms with E-state index in [9.17, 15) is 13.0 Å². The Morgan fingerprint density at radius 2 is 1.34 bits per heavy atom. The standard InChI is InChI=1S/C27H20O4S/c1-31-24-15-12-21-17-20(18-7-3-2-4-8-18)11-14-23(21)26(24)27-22-10-6-5-9-19(22)13-16-25(27)32(28,29)30/h2-17H,1H3,(H,28,29,30). The number of ether oxygens (including phenoxy) is 1. The average molecular weight is 441 g/mol. The smallest absolute Gasteiger partial charge is 0.295 e. The minimum Gasteiger partial charge on any atom is -0.496 e. The topological polar surface area (TPSA) is 63.6 Å². The lowest BCUT2D eigenvalue weighted by Gasteiger charge is -2.18. The molecule has 32 heavy (non-hydrogen) atoms. The van der Waals surface area contributed by atoms with Crippen molar-refractivity contribution in [2.45, 2.75) is 4.90 Å². The van der Waals surface area contributed by atoms with Gasteiger partial charge in [-0.2, -0.15) is 8.42 Å². The molecule has 0 radical (unpaired) electrons. The minimum absolute atomic E-state index is 0.144. The third-order valence-electron chi connectivity index (χ3n) is 5.73. The van der Waals surface area contributed by atoms with Gasteiger partial charge in [0.15, 0.2) is 0 Å². The number of hydrogen-bond donors (Lipinski definition) is 1. The highest BCUT2D eigenvalue weighted by Gasteiger charge is 2.23. The highest BCUT2D eigenvalue weighted by Crippen LogP contribution is 2.44. The quantitative estimate of drug-likeness (QED) is 0.321. The van der Waals surface area contributed by atoms with Crippen LogP contribution in [0.15, 0.2) is 102 Å². The molecule has 0 saturated heterocycles. The van der Waals surface area contributed by atoms with Crippen LogP contribution in [-0.2, 0) is 10.1 Å². The zero-order valence-electron chi connectivity index (χ0n) is 17.3. The van der Waals surface area contributed by atoms with Crippen molar-refractivity contribution >= 4 is 31.7 Å². The lowest BCUT2D eigenvalue weighted by atomic mass is 9.91. The van der Waals surface area contributed by atoms with Crippen LogP contribution in [0.2, 0.25) is 0 Å². The molecule has 0 heterocycles. The van der Waals surface area contributed by atoms with E-state index >= 15 is 0 Å². The van der Waals surface area contributed by atoms with Gasteiger partial charge >= 0.3 is 0 Å². The first kappa shape index (κ1) is 20.2. The Bertz CT molecular complexity index is 1570. The van der Waals surface area contributed by atoms with Gasteiger partial charge < -0.3 is 4.74 Å². The summed E-state index contributed by atoms with van der Waals surface area (Å²) >= 11 is 0. The van der Waals surface area contributed by atoms with Crippen LogP contribution in [0.3, 0.4) is 0 Å². The average Bonchev–Trinajstić information content (AvgIpc) is 2.82. The van der Waals surface area contributed by atoms with Crippen LogP contribution >= 0.6 is 0 Å². The molecule has 4 nitrogen and oxygen atoms in total. The van der Waals surface area contributed by atoms with Crippen molar-refractivity contribution in [1.82, 2.24) is 0 Å². The van der Waals surface area contributed by atoms with E-state index in [0.717, 1.165) is 32.7 Å². The maximum Gasteiger partial charge on any atom is 0.295 e. The van der Waals surface area contributed by atoms with Crippen LogP contribution in [0, 0.1) is 0 Å². The van der Waals surface area contributed by atoms with Crippen LogP contribution in [0.4, 0.5) is 0 Å². The maximum atomic E-state index is 12.4. The van der Waals surface area contributed by atoms with Crippen molar-refractivity contribution in [3.8, 4) is 28.0 Å². The van der Waals surface area contributed by atoms with E-state index in [1.54, 1.807) is 13.2 Å². The van der Waals surface area contributed by atoms with Gasteiger partial charge in [-0.25, -0.2) is 0 Å². The van der Waals surface area contributed by atoms with Gasteiger partial charge in [0.25, 0.3) is 10.1 Å². The molecule has 0 amide bonds. The number of hydrogen-bond acceptors (Lipinski definition) is 3. The first-order valence-corrected chi connectivity index (χ1v) is 11.6. The van der Waals surface area contributed by atoms with Crippen LogP contribution < -0.4 is 4.74 Å². The fraction of sp³-hybridized carbons (Fsp3) is 0.0370. The van der Waals surface area contributed by atoms with Gasteiger partial charge in [-0.15, -0.1) is 0 Å². The van der Waals surface area contributed by atoms with Gasteiger partial charge in [-0.3, -0.25) is 4.55 Å². The molecule has 0 bridgehead atoms. The summed E-state index contributed by atoms with van der Waals surface area (Å²) in [5, 5.41) is 3.37. The Morgan fingerprint density at radius 3 is 2.09 bits per heavy atom. The molecule has 0 aliphatic heterocycles. The Hall–Kier alpha value is -3.67. The molecule has 0 aromatic heterocycles. The summed E-state index contributed by atoms with van der Waals surface area (Å²) in [5.74, 6) is 0.534. The molecule has 5 aromatic carbocycles. The normalized spacial score (nSPS) is 11.7. The monoisotopic (exact) mass is 440 g/mol. The van der Waals surface area contributed by atoms with Crippen LogP contribution in [0.1, 0.15) is 0 Å².